The Bertz CT molecular complexity index is 1760. The first-order valence-electron chi connectivity index (χ1n) is 15.3. The van der Waals surface area contributed by atoms with Crippen LogP contribution in [-0.2, 0) is 32.6 Å². The van der Waals surface area contributed by atoms with E-state index in [-0.39, 0.29) is 29.8 Å². The molecule has 1 saturated carbocycles. The second-order valence-corrected chi connectivity index (χ2v) is 14.3. The van der Waals surface area contributed by atoms with Crippen LogP contribution >= 0.6 is 23.2 Å². The summed E-state index contributed by atoms with van der Waals surface area (Å²) in [7, 11) is -4.17. The summed E-state index contributed by atoms with van der Waals surface area (Å²) < 4.78 is 29.4. The summed E-state index contributed by atoms with van der Waals surface area (Å²) in [6.45, 7) is 1.29. The number of aryl methyl sites for hydroxylation is 1. The molecule has 240 valence electrons. The van der Waals surface area contributed by atoms with Gasteiger partial charge in [-0.1, -0.05) is 109 Å². The predicted molar refractivity (Wildman–Crippen MR) is 183 cm³/mol. The largest absolute Gasteiger partial charge is 0.352 e. The molecular weight excluding hydrogens is 641 g/mol. The van der Waals surface area contributed by atoms with Crippen molar-refractivity contribution in [1.82, 2.24) is 10.2 Å². The van der Waals surface area contributed by atoms with Crippen LogP contribution in [0.4, 0.5) is 5.69 Å². The van der Waals surface area contributed by atoms with E-state index < -0.39 is 28.5 Å². The molecule has 0 saturated heterocycles. The molecule has 1 atom stereocenters. The molecule has 1 N–H and O–H groups in total. The molecule has 4 aromatic carbocycles. The van der Waals surface area contributed by atoms with Gasteiger partial charge in [-0.2, -0.15) is 0 Å². The van der Waals surface area contributed by atoms with Crippen LogP contribution in [0, 0.1) is 6.92 Å². The van der Waals surface area contributed by atoms with Crippen LogP contribution in [0.15, 0.2) is 108 Å². The summed E-state index contributed by atoms with van der Waals surface area (Å²) in [6.07, 6.45) is 4.05. The number of carbonyl (C=O) groups is 2. The van der Waals surface area contributed by atoms with Gasteiger partial charge in [-0.15, -0.1) is 0 Å². The summed E-state index contributed by atoms with van der Waals surface area (Å²) in [5.74, 6) is -0.811. The third kappa shape index (κ3) is 8.10. The molecule has 0 aliphatic heterocycles. The highest BCUT2D eigenvalue weighted by Gasteiger charge is 2.36. The molecule has 0 heterocycles. The highest BCUT2D eigenvalue weighted by atomic mass is 35.5. The minimum Gasteiger partial charge on any atom is -0.352 e. The number of nitrogens with one attached hydrogen (secondary N) is 1. The van der Waals surface area contributed by atoms with Crippen LogP contribution < -0.4 is 9.62 Å². The van der Waals surface area contributed by atoms with Crippen molar-refractivity contribution in [2.45, 2.75) is 62.6 Å². The number of rotatable bonds is 12. The van der Waals surface area contributed by atoms with Gasteiger partial charge < -0.3 is 10.2 Å². The zero-order chi connectivity index (χ0) is 32.7. The molecule has 0 unspecified atom stereocenters. The molecule has 5 rings (SSSR count). The first-order chi connectivity index (χ1) is 22.1. The molecular formula is C36H37Cl2N3O4S. The lowest BCUT2D eigenvalue weighted by atomic mass is 10.0. The first-order valence-corrected chi connectivity index (χ1v) is 17.5. The monoisotopic (exact) mass is 677 g/mol. The number of para-hydroxylation sites is 1. The van der Waals surface area contributed by atoms with Crippen molar-refractivity contribution in [3.63, 3.8) is 0 Å². The van der Waals surface area contributed by atoms with E-state index in [2.05, 4.69) is 5.32 Å². The lowest BCUT2D eigenvalue weighted by Crippen LogP contribution is -2.54. The van der Waals surface area contributed by atoms with Crippen LogP contribution in [0.1, 0.15) is 42.4 Å². The van der Waals surface area contributed by atoms with Gasteiger partial charge in [0.25, 0.3) is 10.0 Å². The smallest absolute Gasteiger partial charge is 0.264 e. The maximum atomic E-state index is 14.6. The highest BCUT2D eigenvalue weighted by Crippen LogP contribution is 2.29. The molecule has 1 fully saturated rings. The zero-order valence-electron chi connectivity index (χ0n) is 25.6. The van der Waals surface area contributed by atoms with E-state index >= 15 is 0 Å². The third-order valence-corrected chi connectivity index (χ3v) is 10.8. The first kappa shape index (κ1) is 33.5. The number of anilines is 1. The zero-order valence-corrected chi connectivity index (χ0v) is 27.9. The predicted octanol–water partition coefficient (Wildman–Crippen LogP) is 7.20. The van der Waals surface area contributed by atoms with Gasteiger partial charge in [0, 0.05) is 19.0 Å². The van der Waals surface area contributed by atoms with Crippen molar-refractivity contribution in [3.05, 3.63) is 130 Å². The average molecular weight is 679 g/mol. The van der Waals surface area contributed by atoms with Crippen LogP contribution in [0.25, 0.3) is 0 Å². The standard InChI is InChI=1S/C36H37Cl2N3O4S/c1-26-12-8-11-19-33(26)41(46(44,45)30-17-6-3-7-18-30)25-35(42)40(24-28-20-21-31(37)32(38)22-28)34(23-27-13-4-2-5-14-27)36(43)39-29-15-9-10-16-29/h2-8,11-14,17-22,29,34H,9-10,15-16,23-25H2,1H3,(H,39,43)/t34-/m0/s1. The van der Waals surface area contributed by atoms with E-state index in [1.54, 1.807) is 61.5 Å². The second kappa shape index (κ2) is 15.2. The van der Waals surface area contributed by atoms with Crippen molar-refractivity contribution in [1.29, 1.82) is 0 Å². The van der Waals surface area contributed by atoms with Gasteiger partial charge >= 0.3 is 0 Å². The van der Waals surface area contributed by atoms with Gasteiger partial charge in [-0.25, -0.2) is 8.42 Å². The van der Waals surface area contributed by atoms with Crippen molar-refractivity contribution < 1.29 is 18.0 Å². The van der Waals surface area contributed by atoms with Gasteiger partial charge in [-0.3, -0.25) is 13.9 Å². The molecule has 2 amide bonds. The maximum Gasteiger partial charge on any atom is 0.264 e. The fourth-order valence-corrected chi connectivity index (χ4v) is 7.65. The number of halogens is 2. The number of hydrogen-bond donors (Lipinski definition) is 1. The van der Waals surface area contributed by atoms with Gasteiger partial charge in [0.1, 0.15) is 12.6 Å². The number of nitrogens with zero attached hydrogens (tertiary/aromatic N) is 2. The molecule has 0 spiro atoms. The molecule has 1 aliphatic rings. The van der Waals surface area contributed by atoms with E-state index in [1.165, 1.54) is 17.0 Å². The van der Waals surface area contributed by atoms with Crippen molar-refractivity contribution in [2.75, 3.05) is 10.8 Å². The lowest BCUT2D eigenvalue weighted by molar-refractivity contribution is -0.140. The fraction of sp³-hybridized carbons (Fsp3) is 0.278. The van der Waals surface area contributed by atoms with Crippen molar-refractivity contribution >= 4 is 50.7 Å². The number of sulfonamides is 1. The van der Waals surface area contributed by atoms with Gasteiger partial charge in [-0.05, 0) is 66.8 Å². The molecule has 46 heavy (non-hydrogen) atoms. The van der Waals surface area contributed by atoms with Crippen LogP contribution in [-0.4, -0.2) is 43.8 Å². The number of hydrogen-bond acceptors (Lipinski definition) is 4. The minimum absolute atomic E-state index is 0.0122. The third-order valence-electron chi connectivity index (χ3n) is 8.30. The van der Waals surface area contributed by atoms with Crippen LogP contribution in [0.5, 0.6) is 0 Å². The molecule has 4 aromatic rings. The minimum atomic E-state index is -4.17. The Hall–Kier alpha value is -3.85. The molecule has 7 nitrogen and oxygen atoms in total. The Morgan fingerprint density at radius 3 is 2.11 bits per heavy atom. The Labute approximate surface area is 281 Å². The van der Waals surface area contributed by atoms with E-state index in [0.29, 0.717) is 26.9 Å². The summed E-state index contributed by atoms with van der Waals surface area (Å²) in [5.41, 5.74) is 2.59. The molecule has 0 aromatic heterocycles. The maximum absolute atomic E-state index is 14.6. The van der Waals surface area contributed by atoms with Crippen molar-refractivity contribution in [3.8, 4) is 0 Å². The lowest BCUT2D eigenvalue weighted by Gasteiger charge is -2.34. The molecule has 10 heteroatoms. The quantitative estimate of drug-likeness (QED) is 0.172. The van der Waals surface area contributed by atoms with Gasteiger partial charge in [0.05, 0.1) is 20.6 Å². The number of carbonyl (C=O) groups excluding carboxylic acids is 2. The summed E-state index contributed by atoms with van der Waals surface area (Å²) in [4.78, 5) is 30.3. The van der Waals surface area contributed by atoms with Gasteiger partial charge in [0.15, 0.2) is 0 Å². The summed E-state index contributed by atoms with van der Waals surface area (Å²) in [6, 6.07) is 28.7. The Morgan fingerprint density at radius 1 is 0.826 bits per heavy atom. The second-order valence-electron chi connectivity index (χ2n) is 11.6. The van der Waals surface area contributed by atoms with Crippen LogP contribution in [0.3, 0.4) is 0 Å². The number of benzene rings is 4. The molecule has 0 radical (unpaired) electrons. The van der Waals surface area contributed by atoms with Gasteiger partial charge in [0.2, 0.25) is 11.8 Å². The summed E-state index contributed by atoms with van der Waals surface area (Å²) in [5, 5.41) is 3.86. The van der Waals surface area contributed by atoms with E-state index in [0.717, 1.165) is 35.6 Å². The topological polar surface area (TPSA) is 86.8 Å². The Kier molecular flexibility index (Phi) is 11.0. The van der Waals surface area contributed by atoms with E-state index in [1.807, 2.05) is 36.4 Å². The SMILES string of the molecule is Cc1ccccc1N(CC(=O)N(Cc1ccc(Cl)c(Cl)c1)[C@@H](Cc1ccccc1)C(=O)NC1CCCC1)S(=O)(=O)c1ccccc1. The Balaban J connectivity index is 1.58. The molecule has 1 aliphatic carbocycles. The van der Waals surface area contributed by atoms with E-state index in [9.17, 15) is 18.0 Å². The number of amides is 2. The fourth-order valence-electron chi connectivity index (χ4n) is 5.83. The van der Waals surface area contributed by atoms with Crippen LogP contribution in [0.2, 0.25) is 10.0 Å². The normalized spacial score (nSPS) is 14.1. The van der Waals surface area contributed by atoms with E-state index in [4.69, 9.17) is 23.2 Å². The highest BCUT2D eigenvalue weighted by molar-refractivity contribution is 7.92. The van der Waals surface area contributed by atoms with Crippen molar-refractivity contribution in [2.24, 2.45) is 0 Å². The Morgan fingerprint density at radius 2 is 1.46 bits per heavy atom. The summed E-state index contributed by atoms with van der Waals surface area (Å²) >= 11 is 12.6. The molecule has 0 bridgehead atoms. The average Bonchev–Trinajstić information content (AvgIpc) is 3.57.